The lowest BCUT2D eigenvalue weighted by molar-refractivity contribution is -0.159. The zero-order chi connectivity index (χ0) is 7.98. The van der Waals surface area contributed by atoms with Gasteiger partial charge in [-0.15, -0.1) is 0 Å². The van der Waals surface area contributed by atoms with Crippen molar-refractivity contribution in [2.24, 2.45) is 0 Å². The Bertz CT molecular complexity index is 155. The van der Waals surface area contributed by atoms with E-state index in [9.17, 15) is 9.59 Å². The molecule has 0 bridgehead atoms. The molecule has 0 radical (unpaired) electrons. The van der Waals surface area contributed by atoms with Crippen LogP contribution in [0.5, 0.6) is 0 Å². The highest BCUT2D eigenvalue weighted by molar-refractivity contribution is 5.87. The molecule has 0 spiro atoms. The van der Waals surface area contributed by atoms with Crippen LogP contribution in [0, 0.1) is 0 Å². The first-order valence-corrected chi connectivity index (χ1v) is 2.43. The second kappa shape index (κ2) is 6.72. The fourth-order valence-corrected chi connectivity index (χ4v) is 0.181. The highest BCUT2D eigenvalue weighted by Gasteiger charge is 2.00. The summed E-state index contributed by atoms with van der Waals surface area (Å²) in [6.07, 6.45) is 0.935. The zero-order valence-electron chi connectivity index (χ0n) is 5.66. The zero-order valence-corrected chi connectivity index (χ0v) is 5.66. The Hall–Kier alpha value is -1.40. The Morgan fingerprint density at radius 2 is 2.18 bits per heavy atom. The summed E-state index contributed by atoms with van der Waals surface area (Å²) in [6.45, 7) is 2.33. The van der Waals surface area contributed by atoms with E-state index in [1.807, 2.05) is 0 Å². The average molecular weight is 163 g/mol. The van der Waals surface area contributed by atoms with Gasteiger partial charge in [-0.05, 0) is 6.08 Å². The van der Waals surface area contributed by atoms with Gasteiger partial charge >= 0.3 is 5.97 Å². The molecule has 6 heteroatoms. The number of hydroxylamine groups is 1. The maximum absolute atomic E-state index is 10.2. The van der Waals surface area contributed by atoms with Crippen molar-refractivity contribution in [3.63, 3.8) is 0 Å². The molecule has 0 aliphatic rings. The van der Waals surface area contributed by atoms with E-state index in [4.69, 9.17) is 5.11 Å². The maximum Gasteiger partial charge on any atom is 0.357 e. The summed E-state index contributed by atoms with van der Waals surface area (Å²) < 4.78 is 0. The van der Waals surface area contributed by atoms with E-state index >= 15 is 0 Å². The highest BCUT2D eigenvalue weighted by Crippen LogP contribution is 1.71. The first-order chi connectivity index (χ1) is 4.70. The van der Waals surface area contributed by atoms with Crippen LogP contribution in [0.15, 0.2) is 12.7 Å². The topological polar surface area (TPSA) is 107 Å². The third-order valence-electron chi connectivity index (χ3n) is 0.580. The molecule has 11 heavy (non-hydrogen) atoms. The molecule has 1 amide bonds. The third kappa shape index (κ3) is 6.49. The Balaban J connectivity index is 0. The van der Waals surface area contributed by atoms with Gasteiger partial charge < -0.3 is 15.4 Å². The van der Waals surface area contributed by atoms with Crippen LogP contribution >= 0.6 is 0 Å². The number of hydrogen-bond donors (Lipinski definition) is 2. The minimum Gasteiger partial charge on any atom is -0.412 e. The number of nitrogens with one attached hydrogen (secondary N) is 1. The van der Waals surface area contributed by atoms with Crippen molar-refractivity contribution >= 4 is 11.9 Å². The normalized spacial score (nSPS) is 7.36. The molecule has 0 heterocycles. The van der Waals surface area contributed by atoms with Crippen molar-refractivity contribution < 1.29 is 25.0 Å². The summed E-state index contributed by atoms with van der Waals surface area (Å²) in [4.78, 5) is 24.3. The van der Waals surface area contributed by atoms with E-state index in [0.29, 0.717) is 0 Å². The maximum atomic E-state index is 10.2. The van der Waals surface area contributed by atoms with Gasteiger partial charge in [-0.3, -0.25) is 4.79 Å². The van der Waals surface area contributed by atoms with Gasteiger partial charge in [0.2, 0.25) is 0 Å². The van der Waals surface area contributed by atoms with Crippen molar-refractivity contribution in [2.45, 2.75) is 0 Å². The van der Waals surface area contributed by atoms with Crippen molar-refractivity contribution in [1.82, 2.24) is 5.48 Å². The summed E-state index contributed by atoms with van der Waals surface area (Å²) in [5.41, 5.74) is 1.72. The quantitative estimate of drug-likeness (QED) is 0.359. The summed E-state index contributed by atoms with van der Waals surface area (Å²) in [7, 11) is 0. The molecule has 0 aromatic rings. The Kier molecular flexibility index (Phi) is 7.51. The lowest BCUT2D eigenvalue weighted by Gasteiger charge is -1.98. The molecular formula is C5H9NO5. The van der Waals surface area contributed by atoms with Crippen molar-refractivity contribution in [3.8, 4) is 0 Å². The minimum absolute atomic E-state index is 0. The average Bonchev–Trinajstić information content (AvgIpc) is 1.99. The molecule has 0 rings (SSSR count). The summed E-state index contributed by atoms with van der Waals surface area (Å²) >= 11 is 0. The molecule has 6 nitrogen and oxygen atoms in total. The van der Waals surface area contributed by atoms with E-state index in [1.165, 1.54) is 0 Å². The Morgan fingerprint density at radius 3 is 2.55 bits per heavy atom. The van der Waals surface area contributed by atoms with E-state index in [1.54, 1.807) is 5.48 Å². The molecule has 64 valence electrons. The second-order valence-electron chi connectivity index (χ2n) is 1.30. The number of rotatable bonds is 2. The van der Waals surface area contributed by atoms with Gasteiger partial charge in [-0.25, -0.2) is 4.79 Å². The predicted octanol–water partition coefficient (Wildman–Crippen LogP) is -2.09. The van der Waals surface area contributed by atoms with Crippen LogP contribution in [0.25, 0.3) is 0 Å². The molecule has 0 aromatic carbocycles. The van der Waals surface area contributed by atoms with E-state index < -0.39 is 18.5 Å². The van der Waals surface area contributed by atoms with Crippen LogP contribution in [-0.4, -0.2) is 29.1 Å². The molecular weight excluding hydrogens is 154 g/mol. The van der Waals surface area contributed by atoms with Crippen LogP contribution in [0.2, 0.25) is 0 Å². The van der Waals surface area contributed by atoms with E-state index in [-0.39, 0.29) is 5.48 Å². The van der Waals surface area contributed by atoms with Gasteiger partial charge in [0.05, 0.1) is 0 Å². The number of carbonyl (C=O) groups is 2. The molecule has 0 aliphatic carbocycles. The van der Waals surface area contributed by atoms with Gasteiger partial charge in [-0.1, -0.05) is 6.58 Å². The van der Waals surface area contributed by atoms with Crippen LogP contribution in [0.4, 0.5) is 0 Å². The van der Waals surface area contributed by atoms with Crippen LogP contribution in [0.1, 0.15) is 0 Å². The van der Waals surface area contributed by atoms with Gasteiger partial charge in [0.15, 0.2) is 0 Å². The monoisotopic (exact) mass is 163 g/mol. The largest absolute Gasteiger partial charge is 0.412 e. The van der Waals surface area contributed by atoms with Crippen LogP contribution in [0.3, 0.4) is 0 Å². The molecule has 0 saturated heterocycles. The van der Waals surface area contributed by atoms with E-state index in [2.05, 4.69) is 11.4 Å². The lowest BCUT2D eigenvalue weighted by Crippen LogP contribution is -2.26. The van der Waals surface area contributed by atoms with Gasteiger partial charge in [0, 0.05) is 0 Å². The number of aliphatic hydroxyl groups is 1. The molecule has 0 unspecified atom stereocenters. The standard InChI is InChI=1S/C5H7NO4.H2O/c1-2-4(8)6-10-5(9)3-7;/h2,7H,1,3H2,(H,6,8);1H2. The highest BCUT2D eigenvalue weighted by atomic mass is 16.7. The minimum atomic E-state index is -0.921. The Labute approximate surface area is 62.7 Å². The number of hydrogen-bond acceptors (Lipinski definition) is 4. The van der Waals surface area contributed by atoms with E-state index in [0.717, 1.165) is 6.08 Å². The second-order valence-corrected chi connectivity index (χ2v) is 1.30. The van der Waals surface area contributed by atoms with Crippen molar-refractivity contribution in [1.29, 1.82) is 0 Å². The van der Waals surface area contributed by atoms with Crippen molar-refractivity contribution in [3.05, 3.63) is 12.7 Å². The summed E-state index contributed by atoms with van der Waals surface area (Å²) in [5.74, 6) is -1.56. The van der Waals surface area contributed by atoms with Crippen molar-refractivity contribution in [2.75, 3.05) is 6.61 Å². The molecule has 0 atom stereocenters. The molecule has 0 saturated carbocycles. The van der Waals surface area contributed by atoms with Gasteiger partial charge in [-0.2, -0.15) is 5.48 Å². The Morgan fingerprint density at radius 1 is 1.64 bits per heavy atom. The molecule has 0 aromatic heterocycles. The SMILES string of the molecule is C=CC(=O)NOC(=O)CO.O. The number of carbonyl (C=O) groups excluding carboxylic acids is 2. The van der Waals surface area contributed by atoms with Gasteiger partial charge in [0.25, 0.3) is 5.91 Å². The number of amides is 1. The van der Waals surface area contributed by atoms with Crippen LogP contribution in [-0.2, 0) is 14.4 Å². The lowest BCUT2D eigenvalue weighted by atomic mass is 10.6. The van der Waals surface area contributed by atoms with Gasteiger partial charge in [0.1, 0.15) is 6.61 Å². The first-order valence-electron chi connectivity index (χ1n) is 2.43. The fraction of sp³-hybridized carbons (Fsp3) is 0.200. The smallest absolute Gasteiger partial charge is 0.357 e. The first kappa shape index (κ1) is 12.3. The number of aliphatic hydroxyl groups excluding tert-OH is 1. The molecule has 4 N–H and O–H groups in total. The van der Waals surface area contributed by atoms with Crippen LogP contribution < -0.4 is 5.48 Å². The summed E-state index contributed by atoms with van der Waals surface area (Å²) in [5, 5.41) is 8.07. The fourth-order valence-electron chi connectivity index (χ4n) is 0.181. The summed E-state index contributed by atoms with van der Waals surface area (Å²) in [6, 6.07) is 0. The molecule has 0 fully saturated rings. The predicted molar refractivity (Wildman–Crippen MR) is 35.1 cm³/mol. The third-order valence-corrected chi connectivity index (χ3v) is 0.580. The molecule has 0 aliphatic heterocycles.